The lowest BCUT2D eigenvalue weighted by Gasteiger charge is -2.32. The van der Waals surface area contributed by atoms with Crippen LogP contribution in [0.3, 0.4) is 0 Å². The lowest BCUT2D eigenvalue weighted by molar-refractivity contribution is -0.384. The third kappa shape index (κ3) is 3.69. The molecule has 116 valence electrons. The highest BCUT2D eigenvalue weighted by Gasteiger charge is 2.28. The molecule has 0 saturated heterocycles. The zero-order valence-corrected chi connectivity index (χ0v) is 12.6. The fourth-order valence-corrected chi connectivity index (χ4v) is 2.28. The molecule has 0 heterocycles. The number of nitro benzene ring substituents is 1. The third-order valence-corrected chi connectivity index (χ3v) is 4.02. The van der Waals surface area contributed by atoms with E-state index in [-0.39, 0.29) is 22.7 Å². The highest BCUT2D eigenvalue weighted by molar-refractivity contribution is 6.00. The van der Waals surface area contributed by atoms with Crippen molar-refractivity contribution < 1.29 is 9.72 Å². The Labute approximate surface area is 124 Å². The van der Waals surface area contributed by atoms with Crippen LogP contribution in [0.1, 0.15) is 50.4 Å². The predicted octanol–water partition coefficient (Wildman–Crippen LogP) is 2.58. The molecule has 1 amide bonds. The van der Waals surface area contributed by atoms with Gasteiger partial charge in [-0.25, -0.2) is 0 Å². The molecule has 0 aromatic heterocycles. The van der Waals surface area contributed by atoms with Crippen molar-refractivity contribution in [2.75, 3.05) is 5.43 Å². The molecule has 0 fully saturated rings. The number of hydrogen-bond donors (Lipinski definition) is 3. The van der Waals surface area contributed by atoms with Gasteiger partial charge in [-0.3, -0.25) is 20.8 Å². The van der Waals surface area contributed by atoms with Gasteiger partial charge in [-0.2, -0.15) is 0 Å². The lowest BCUT2D eigenvalue weighted by atomic mass is 9.89. The number of amides is 1. The number of anilines is 1. The number of nitrogen functional groups attached to an aromatic ring is 1. The quantitative estimate of drug-likeness (QED) is 0.406. The van der Waals surface area contributed by atoms with E-state index in [2.05, 4.69) is 10.7 Å². The Bertz CT molecular complexity index is 519. The monoisotopic (exact) mass is 294 g/mol. The molecule has 0 atom stereocenters. The van der Waals surface area contributed by atoms with Crippen LogP contribution in [0, 0.1) is 10.1 Å². The molecule has 0 radical (unpaired) electrons. The summed E-state index contributed by atoms with van der Waals surface area (Å²) in [5.74, 6) is 5.01. The minimum atomic E-state index is -0.538. The molecule has 0 aliphatic heterocycles. The zero-order valence-electron chi connectivity index (χ0n) is 12.6. The van der Waals surface area contributed by atoms with E-state index in [9.17, 15) is 14.9 Å². The predicted molar refractivity (Wildman–Crippen MR) is 82.0 cm³/mol. The largest absolute Gasteiger partial charge is 0.347 e. The van der Waals surface area contributed by atoms with Gasteiger partial charge in [-0.1, -0.05) is 20.8 Å². The number of nitro groups is 1. The van der Waals surface area contributed by atoms with Gasteiger partial charge < -0.3 is 10.7 Å². The summed E-state index contributed by atoms with van der Waals surface area (Å²) in [6.45, 7) is 6.01. The Morgan fingerprint density at radius 2 is 1.86 bits per heavy atom. The van der Waals surface area contributed by atoms with Crippen LogP contribution in [0.4, 0.5) is 11.4 Å². The molecule has 0 saturated carbocycles. The van der Waals surface area contributed by atoms with Gasteiger partial charge in [-0.05, 0) is 25.3 Å². The first kappa shape index (κ1) is 16.9. The normalized spacial score (nSPS) is 11.0. The van der Waals surface area contributed by atoms with Crippen LogP contribution in [0.25, 0.3) is 0 Å². The Kier molecular flexibility index (Phi) is 5.66. The van der Waals surface area contributed by atoms with Crippen LogP contribution in [0.2, 0.25) is 0 Å². The summed E-state index contributed by atoms with van der Waals surface area (Å²) in [5, 5.41) is 13.8. The molecule has 1 aromatic rings. The van der Waals surface area contributed by atoms with Gasteiger partial charge >= 0.3 is 0 Å². The van der Waals surface area contributed by atoms with Crippen molar-refractivity contribution in [2.24, 2.45) is 5.84 Å². The second-order valence-electron chi connectivity index (χ2n) is 4.93. The van der Waals surface area contributed by atoms with Crippen LogP contribution in [-0.2, 0) is 0 Å². The SMILES string of the molecule is CCC(CC)(CC)NC(=O)c1cc([N+](=O)[O-])ccc1NN. The maximum atomic E-state index is 12.5. The summed E-state index contributed by atoms with van der Waals surface area (Å²) in [6.07, 6.45) is 2.35. The average Bonchev–Trinajstić information content (AvgIpc) is 2.51. The minimum Gasteiger partial charge on any atom is -0.347 e. The van der Waals surface area contributed by atoms with E-state index in [1.54, 1.807) is 0 Å². The molecular formula is C14H22N4O3. The van der Waals surface area contributed by atoms with Crippen molar-refractivity contribution in [2.45, 2.75) is 45.6 Å². The maximum Gasteiger partial charge on any atom is 0.270 e. The molecule has 0 spiro atoms. The van der Waals surface area contributed by atoms with Crippen molar-refractivity contribution in [3.8, 4) is 0 Å². The molecule has 0 aliphatic carbocycles. The number of nitrogens with two attached hydrogens (primary N) is 1. The van der Waals surface area contributed by atoms with Crippen molar-refractivity contribution in [1.29, 1.82) is 0 Å². The topological polar surface area (TPSA) is 110 Å². The van der Waals surface area contributed by atoms with E-state index in [1.807, 2.05) is 20.8 Å². The highest BCUT2D eigenvalue weighted by atomic mass is 16.6. The smallest absolute Gasteiger partial charge is 0.270 e. The molecule has 1 aromatic carbocycles. The van der Waals surface area contributed by atoms with Crippen LogP contribution >= 0.6 is 0 Å². The third-order valence-electron chi connectivity index (χ3n) is 4.02. The van der Waals surface area contributed by atoms with Crippen LogP contribution in [0.5, 0.6) is 0 Å². The summed E-state index contributed by atoms with van der Waals surface area (Å²) < 4.78 is 0. The van der Waals surface area contributed by atoms with Gasteiger partial charge in [0.15, 0.2) is 0 Å². The number of carbonyl (C=O) groups excluding carboxylic acids is 1. The standard InChI is InChI=1S/C14H22N4O3/c1-4-14(5-2,6-3)16-13(19)11-9-10(18(20)21)7-8-12(11)17-15/h7-9,17H,4-6,15H2,1-3H3,(H,16,19). The molecule has 0 aliphatic rings. The second-order valence-corrected chi connectivity index (χ2v) is 4.93. The van der Waals surface area contributed by atoms with E-state index in [4.69, 9.17) is 5.84 Å². The number of hydrazine groups is 1. The molecule has 7 heteroatoms. The molecule has 1 rings (SSSR count). The summed E-state index contributed by atoms with van der Waals surface area (Å²) in [4.78, 5) is 22.8. The number of benzene rings is 1. The summed E-state index contributed by atoms with van der Waals surface area (Å²) in [5.41, 5.74) is 2.47. The van der Waals surface area contributed by atoms with E-state index in [0.29, 0.717) is 5.69 Å². The van der Waals surface area contributed by atoms with Crippen molar-refractivity contribution in [3.05, 3.63) is 33.9 Å². The highest BCUT2D eigenvalue weighted by Crippen LogP contribution is 2.24. The number of nitrogens with zero attached hydrogens (tertiary/aromatic N) is 1. The second kappa shape index (κ2) is 7.03. The van der Waals surface area contributed by atoms with Crippen LogP contribution in [-0.4, -0.2) is 16.4 Å². The van der Waals surface area contributed by atoms with Gasteiger partial charge in [0.2, 0.25) is 0 Å². The van der Waals surface area contributed by atoms with Crippen LogP contribution in [0.15, 0.2) is 18.2 Å². The molecular weight excluding hydrogens is 272 g/mol. The van der Waals surface area contributed by atoms with Crippen LogP contribution < -0.4 is 16.6 Å². The zero-order chi connectivity index (χ0) is 16.0. The van der Waals surface area contributed by atoms with E-state index < -0.39 is 4.92 Å². The summed E-state index contributed by atoms with van der Waals surface area (Å²) in [7, 11) is 0. The van der Waals surface area contributed by atoms with Crippen molar-refractivity contribution in [3.63, 3.8) is 0 Å². The number of carbonyl (C=O) groups is 1. The fourth-order valence-electron chi connectivity index (χ4n) is 2.28. The number of rotatable bonds is 7. The van der Waals surface area contributed by atoms with Gasteiger partial charge in [-0.15, -0.1) is 0 Å². The van der Waals surface area contributed by atoms with E-state index >= 15 is 0 Å². The van der Waals surface area contributed by atoms with Crippen molar-refractivity contribution in [1.82, 2.24) is 5.32 Å². The Balaban J connectivity index is 3.16. The Morgan fingerprint density at radius 3 is 2.29 bits per heavy atom. The van der Waals surface area contributed by atoms with E-state index in [0.717, 1.165) is 19.3 Å². The first-order valence-electron chi connectivity index (χ1n) is 7.00. The first-order valence-corrected chi connectivity index (χ1v) is 7.00. The van der Waals surface area contributed by atoms with Gasteiger partial charge in [0, 0.05) is 17.7 Å². The minimum absolute atomic E-state index is 0.144. The summed E-state index contributed by atoms with van der Waals surface area (Å²) >= 11 is 0. The Hall–Kier alpha value is -2.15. The van der Waals surface area contributed by atoms with Gasteiger partial charge in [0.05, 0.1) is 16.2 Å². The molecule has 21 heavy (non-hydrogen) atoms. The summed E-state index contributed by atoms with van der Waals surface area (Å²) in [6, 6.07) is 3.97. The molecule has 0 unspecified atom stereocenters. The number of nitrogens with one attached hydrogen (secondary N) is 2. The Morgan fingerprint density at radius 1 is 1.29 bits per heavy atom. The maximum absolute atomic E-state index is 12.5. The first-order chi connectivity index (χ1) is 9.92. The van der Waals surface area contributed by atoms with Gasteiger partial charge in [0.1, 0.15) is 0 Å². The lowest BCUT2D eigenvalue weighted by Crippen LogP contribution is -2.47. The number of non-ortho nitro benzene ring substituents is 1. The molecule has 7 nitrogen and oxygen atoms in total. The van der Waals surface area contributed by atoms with Crippen molar-refractivity contribution >= 4 is 17.3 Å². The fraction of sp³-hybridized carbons (Fsp3) is 0.500. The van der Waals surface area contributed by atoms with Gasteiger partial charge in [0.25, 0.3) is 11.6 Å². The van der Waals surface area contributed by atoms with E-state index in [1.165, 1.54) is 18.2 Å². The average molecular weight is 294 g/mol. The molecule has 0 bridgehead atoms. The number of hydrogen-bond acceptors (Lipinski definition) is 5. The molecule has 4 N–H and O–H groups in total.